The minimum atomic E-state index is 0.560. The van der Waals surface area contributed by atoms with E-state index in [1.807, 2.05) is 0 Å². The van der Waals surface area contributed by atoms with Crippen molar-refractivity contribution in [3.05, 3.63) is 42.0 Å². The van der Waals surface area contributed by atoms with Crippen LogP contribution >= 0.6 is 0 Å². The maximum atomic E-state index is 3.73. The molecular weight excluding hydrogens is 244 g/mol. The van der Waals surface area contributed by atoms with E-state index in [9.17, 15) is 0 Å². The third kappa shape index (κ3) is 2.90. The van der Waals surface area contributed by atoms with Crippen molar-refractivity contribution >= 4 is 5.69 Å². The normalized spacial score (nSPS) is 29.1. The molecule has 0 saturated heterocycles. The van der Waals surface area contributed by atoms with Crippen LogP contribution < -0.4 is 5.32 Å². The highest BCUT2D eigenvalue weighted by Gasteiger charge is 2.38. The lowest BCUT2D eigenvalue weighted by molar-refractivity contribution is 0.398. The Labute approximate surface area is 122 Å². The minimum Gasteiger partial charge on any atom is -0.382 e. The van der Waals surface area contributed by atoms with E-state index in [0.29, 0.717) is 6.04 Å². The molecule has 4 unspecified atom stereocenters. The molecule has 0 heterocycles. The van der Waals surface area contributed by atoms with E-state index in [0.717, 1.165) is 24.3 Å². The minimum absolute atomic E-state index is 0.560. The van der Waals surface area contributed by atoms with E-state index >= 15 is 0 Å². The molecular formula is C18H26N2. The Bertz CT molecular complexity index is 492. The summed E-state index contributed by atoms with van der Waals surface area (Å²) >= 11 is 0. The van der Waals surface area contributed by atoms with Gasteiger partial charge in [-0.1, -0.05) is 24.3 Å². The predicted octanol–water partition coefficient (Wildman–Crippen LogP) is 3.76. The van der Waals surface area contributed by atoms with E-state index in [2.05, 4.69) is 67.7 Å². The van der Waals surface area contributed by atoms with Crippen LogP contribution in [0.2, 0.25) is 0 Å². The van der Waals surface area contributed by atoms with Crippen LogP contribution in [-0.4, -0.2) is 25.0 Å². The zero-order chi connectivity index (χ0) is 14.1. The van der Waals surface area contributed by atoms with Gasteiger partial charge in [0.2, 0.25) is 0 Å². The number of rotatable bonds is 5. The highest BCUT2D eigenvalue weighted by atomic mass is 15.0. The molecule has 2 aliphatic rings. The molecule has 2 heteroatoms. The van der Waals surface area contributed by atoms with Crippen LogP contribution in [0.15, 0.2) is 36.4 Å². The van der Waals surface area contributed by atoms with Crippen molar-refractivity contribution in [2.45, 2.75) is 32.4 Å². The number of nitrogens with one attached hydrogen (secondary N) is 1. The van der Waals surface area contributed by atoms with Crippen LogP contribution in [-0.2, 0) is 6.54 Å². The van der Waals surface area contributed by atoms with E-state index in [1.165, 1.54) is 24.1 Å². The second kappa shape index (κ2) is 5.61. The van der Waals surface area contributed by atoms with Gasteiger partial charge in [-0.15, -0.1) is 0 Å². The standard InChI is InChI=1S/C18H26N2/c1-13(18-11-14-7-8-16(18)9-14)19-17-6-4-5-15(10-17)12-20(2)3/h4-8,10,13-14,16,18-19H,9,11-12H2,1-3H3. The van der Waals surface area contributed by atoms with E-state index in [4.69, 9.17) is 0 Å². The Morgan fingerprint density at radius 3 is 2.75 bits per heavy atom. The third-order valence-corrected chi connectivity index (χ3v) is 4.79. The fraction of sp³-hybridized carbons (Fsp3) is 0.556. The molecule has 0 aromatic heterocycles. The van der Waals surface area contributed by atoms with Crippen LogP contribution in [0, 0.1) is 17.8 Å². The van der Waals surface area contributed by atoms with Crippen LogP contribution in [0.1, 0.15) is 25.3 Å². The van der Waals surface area contributed by atoms with E-state index in [1.54, 1.807) is 0 Å². The van der Waals surface area contributed by atoms with Gasteiger partial charge in [0.05, 0.1) is 0 Å². The summed E-state index contributed by atoms with van der Waals surface area (Å²) in [5.41, 5.74) is 2.64. The van der Waals surface area contributed by atoms with Gasteiger partial charge in [-0.3, -0.25) is 0 Å². The van der Waals surface area contributed by atoms with Gasteiger partial charge in [-0.2, -0.15) is 0 Å². The second-order valence-corrected chi connectivity index (χ2v) is 6.82. The van der Waals surface area contributed by atoms with Crippen molar-refractivity contribution in [2.75, 3.05) is 19.4 Å². The Morgan fingerprint density at radius 1 is 1.25 bits per heavy atom. The van der Waals surface area contributed by atoms with Crippen molar-refractivity contribution in [2.24, 2.45) is 17.8 Å². The lowest BCUT2D eigenvalue weighted by Crippen LogP contribution is -2.28. The Kier molecular flexibility index (Phi) is 3.84. The Hall–Kier alpha value is -1.28. The Morgan fingerprint density at radius 2 is 2.10 bits per heavy atom. The largest absolute Gasteiger partial charge is 0.382 e. The maximum Gasteiger partial charge on any atom is 0.0345 e. The van der Waals surface area contributed by atoms with Gasteiger partial charge in [0.25, 0.3) is 0 Å². The maximum absolute atomic E-state index is 3.73. The van der Waals surface area contributed by atoms with E-state index in [-0.39, 0.29) is 0 Å². The molecule has 3 rings (SSSR count). The van der Waals surface area contributed by atoms with Crippen molar-refractivity contribution in [3.8, 4) is 0 Å². The number of allylic oxidation sites excluding steroid dienone is 2. The molecule has 2 nitrogen and oxygen atoms in total. The van der Waals surface area contributed by atoms with Crippen molar-refractivity contribution < 1.29 is 0 Å². The van der Waals surface area contributed by atoms with Crippen LogP contribution in [0.3, 0.4) is 0 Å². The number of hydrogen-bond acceptors (Lipinski definition) is 2. The van der Waals surface area contributed by atoms with Crippen molar-refractivity contribution in [1.29, 1.82) is 0 Å². The molecule has 0 radical (unpaired) electrons. The highest BCUT2D eigenvalue weighted by Crippen LogP contribution is 2.45. The molecule has 1 saturated carbocycles. The van der Waals surface area contributed by atoms with Gasteiger partial charge in [-0.25, -0.2) is 0 Å². The number of benzene rings is 1. The van der Waals surface area contributed by atoms with E-state index < -0.39 is 0 Å². The van der Waals surface area contributed by atoms with Gasteiger partial charge in [0.1, 0.15) is 0 Å². The van der Waals surface area contributed by atoms with Crippen LogP contribution in [0.5, 0.6) is 0 Å². The summed E-state index contributed by atoms with van der Waals surface area (Å²) in [5.74, 6) is 2.48. The first kappa shape index (κ1) is 13.7. The topological polar surface area (TPSA) is 15.3 Å². The zero-order valence-corrected chi connectivity index (χ0v) is 12.8. The fourth-order valence-corrected chi connectivity index (χ4v) is 3.89. The molecule has 2 bridgehead atoms. The molecule has 108 valence electrons. The van der Waals surface area contributed by atoms with Crippen LogP contribution in [0.25, 0.3) is 0 Å². The molecule has 1 N–H and O–H groups in total. The van der Waals surface area contributed by atoms with Gasteiger partial charge in [0, 0.05) is 18.3 Å². The third-order valence-electron chi connectivity index (χ3n) is 4.79. The zero-order valence-electron chi connectivity index (χ0n) is 12.8. The highest BCUT2D eigenvalue weighted by molar-refractivity contribution is 5.46. The average Bonchev–Trinajstić information content (AvgIpc) is 3.00. The predicted molar refractivity (Wildman–Crippen MR) is 85.8 cm³/mol. The summed E-state index contributed by atoms with van der Waals surface area (Å²) in [6.45, 7) is 3.35. The molecule has 0 amide bonds. The molecule has 1 aromatic rings. The van der Waals surface area contributed by atoms with Gasteiger partial charge >= 0.3 is 0 Å². The summed E-state index contributed by atoms with van der Waals surface area (Å²) < 4.78 is 0. The SMILES string of the molecule is CC(Nc1cccc(CN(C)C)c1)C1CC2C=CC1C2. The summed E-state index contributed by atoms with van der Waals surface area (Å²) in [5, 5.41) is 3.73. The molecule has 1 aromatic carbocycles. The lowest BCUT2D eigenvalue weighted by atomic mass is 9.87. The number of nitrogens with zero attached hydrogens (tertiary/aromatic N) is 1. The quantitative estimate of drug-likeness (QED) is 0.820. The summed E-state index contributed by atoms with van der Waals surface area (Å²) in [6.07, 6.45) is 7.62. The first-order chi connectivity index (χ1) is 9.61. The van der Waals surface area contributed by atoms with Crippen LogP contribution in [0.4, 0.5) is 5.69 Å². The van der Waals surface area contributed by atoms with Crippen molar-refractivity contribution in [3.63, 3.8) is 0 Å². The molecule has 2 aliphatic carbocycles. The molecule has 0 aliphatic heterocycles. The number of hydrogen-bond donors (Lipinski definition) is 1. The molecule has 20 heavy (non-hydrogen) atoms. The van der Waals surface area contributed by atoms with Gasteiger partial charge in [0.15, 0.2) is 0 Å². The van der Waals surface area contributed by atoms with Gasteiger partial charge in [-0.05, 0) is 69.3 Å². The summed E-state index contributed by atoms with van der Waals surface area (Å²) in [7, 11) is 4.23. The first-order valence-electron chi connectivity index (χ1n) is 7.80. The second-order valence-electron chi connectivity index (χ2n) is 6.82. The lowest BCUT2D eigenvalue weighted by Gasteiger charge is -2.27. The fourth-order valence-electron chi connectivity index (χ4n) is 3.89. The Balaban J connectivity index is 1.64. The average molecular weight is 270 g/mol. The number of anilines is 1. The summed E-state index contributed by atoms with van der Waals surface area (Å²) in [6, 6.07) is 9.41. The first-order valence-corrected chi connectivity index (χ1v) is 7.80. The molecule has 1 fully saturated rings. The molecule has 4 atom stereocenters. The van der Waals surface area contributed by atoms with Gasteiger partial charge < -0.3 is 10.2 Å². The molecule has 0 spiro atoms. The van der Waals surface area contributed by atoms with Crippen molar-refractivity contribution in [1.82, 2.24) is 4.90 Å². The number of fused-ring (bicyclic) bond motifs is 2. The smallest absolute Gasteiger partial charge is 0.0345 e. The monoisotopic (exact) mass is 270 g/mol. The summed E-state index contributed by atoms with van der Waals surface area (Å²) in [4.78, 5) is 2.21.